The number of nitrogens with one attached hydrogen (secondary N) is 1. The molecule has 0 unspecified atom stereocenters. The number of ether oxygens (including phenoxy) is 1. The molecule has 6 heteroatoms. The molecule has 0 heterocycles. The molecule has 0 saturated heterocycles. The van der Waals surface area contributed by atoms with Gasteiger partial charge in [0.25, 0.3) is 0 Å². The lowest BCUT2D eigenvalue weighted by atomic mass is 10.1. The van der Waals surface area contributed by atoms with Crippen LogP contribution >= 0.6 is 0 Å². The second kappa shape index (κ2) is 7.40. The van der Waals surface area contributed by atoms with E-state index in [-0.39, 0.29) is 5.96 Å². The fourth-order valence-corrected chi connectivity index (χ4v) is 1.95. The Hall–Kier alpha value is -2.63. The first-order chi connectivity index (χ1) is 10.6. The number of hydrogen-bond donors (Lipinski definition) is 2. The molecule has 0 spiro atoms. The Balaban J connectivity index is 1.92. The topological polar surface area (TPSA) is 59.6 Å². The van der Waals surface area contributed by atoms with E-state index in [0.29, 0.717) is 24.3 Å². The lowest BCUT2D eigenvalue weighted by molar-refractivity contribution is 0.415. The summed E-state index contributed by atoms with van der Waals surface area (Å²) in [5, 5.41) is 2.93. The van der Waals surface area contributed by atoms with Gasteiger partial charge in [0, 0.05) is 24.4 Å². The molecule has 0 aromatic heterocycles. The normalized spacial score (nSPS) is 11.3. The molecule has 22 heavy (non-hydrogen) atoms. The zero-order valence-corrected chi connectivity index (χ0v) is 12.1. The van der Waals surface area contributed by atoms with Crippen molar-refractivity contribution in [2.24, 2.45) is 10.7 Å². The maximum atomic E-state index is 13.0. The molecule has 2 aromatic carbocycles. The first-order valence-electron chi connectivity index (χ1n) is 6.73. The molecule has 0 aliphatic rings. The minimum atomic E-state index is -0.596. The maximum absolute atomic E-state index is 13.0. The van der Waals surface area contributed by atoms with Crippen molar-refractivity contribution in [3.8, 4) is 5.75 Å². The van der Waals surface area contributed by atoms with Crippen molar-refractivity contribution in [1.82, 2.24) is 0 Å². The number of rotatable bonds is 5. The summed E-state index contributed by atoms with van der Waals surface area (Å²) in [6, 6.07) is 10.7. The molecule has 0 amide bonds. The van der Waals surface area contributed by atoms with Crippen LogP contribution in [-0.2, 0) is 6.42 Å². The molecule has 0 fully saturated rings. The summed E-state index contributed by atoms with van der Waals surface area (Å²) in [6.07, 6.45) is 0.398. The van der Waals surface area contributed by atoms with Gasteiger partial charge in [-0.15, -0.1) is 0 Å². The standard InChI is InChI=1S/C16H17F2N3O/c1-22-15-4-2-3-14(10-15)21-16(19)20-6-5-11-7-12(17)9-13(18)8-11/h2-4,7-10H,5-6H2,1H3,(H3,19,20,21). The molecular formula is C16H17F2N3O. The Bertz CT molecular complexity index is 654. The van der Waals surface area contributed by atoms with Crippen molar-refractivity contribution < 1.29 is 13.5 Å². The van der Waals surface area contributed by atoms with E-state index in [0.717, 1.165) is 11.8 Å². The number of aliphatic imine (C=N–C) groups is 1. The van der Waals surface area contributed by atoms with E-state index < -0.39 is 11.6 Å². The van der Waals surface area contributed by atoms with Crippen molar-refractivity contribution in [2.75, 3.05) is 19.0 Å². The first kappa shape index (κ1) is 15.8. The van der Waals surface area contributed by atoms with Gasteiger partial charge in [-0.1, -0.05) is 6.07 Å². The second-order valence-electron chi connectivity index (χ2n) is 4.65. The zero-order chi connectivity index (χ0) is 15.9. The van der Waals surface area contributed by atoms with Crippen molar-refractivity contribution in [3.63, 3.8) is 0 Å². The number of nitrogens with zero attached hydrogens (tertiary/aromatic N) is 1. The molecule has 0 saturated carbocycles. The number of methoxy groups -OCH3 is 1. The number of hydrogen-bond acceptors (Lipinski definition) is 2. The lowest BCUT2D eigenvalue weighted by Gasteiger charge is -2.07. The highest BCUT2D eigenvalue weighted by Crippen LogP contribution is 2.16. The molecule has 2 rings (SSSR count). The van der Waals surface area contributed by atoms with Crippen LogP contribution in [0.1, 0.15) is 5.56 Å². The third kappa shape index (κ3) is 4.73. The minimum absolute atomic E-state index is 0.227. The fraction of sp³-hybridized carbons (Fsp3) is 0.188. The van der Waals surface area contributed by atoms with Crippen molar-refractivity contribution >= 4 is 11.6 Å². The van der Waals surface area contributed by atoms with Gasteiger partial charge < -0.3 is 15.8 Å². The van der Waals surface area contributed by atoms with E-state index in [1.54, 1.807) is 13.2 Å². The van der Waals surface area contributed by atoms with Gasteiger partial charge in [0.05, 0.1) is 7.11 Å². The van der Waals surface area contributed by atoms with Crippen LogP contribution in [0.4, 0.5) is 14.5 Å². The van der Waals surface area contributed by atoms with E-state index in [1.807, 2.05) is 18.2 Å². The summed E-state index contributed by atoms with van der Waals surface area (Å²) in [7, 11) is 1.58. The van der Waals surface area contributed by atoms with Gasteiger partial charge in [-0.05, 0) is 36.2 Å². The molecular weight excluding hydrogens is 288 g/mol. The highest BCUT2D eigenvalue weighted by molar-refractivity contribution is 5.92. The first-order valence-corrected chi connectivity index (χ1v) is 6.73. The van der Waals surface area contributed by atoms with Crippen LogP contribution in [0.25, 0.3) is 0 Å². The van der Waals surface area contributed by atoms with Crippen molar-refractivity contribution in [1.29, 1.82) is 0 Å². The van der Waals surface area contributed by atoms with Crippen LogP contribution in [0, 0.1) is 11.6 Å². The van der Waals surface area contributed by atoms with Crippen LogP contribution in [0.2, 0.25) is 0 Å². The molecule has 0 aliphatic carbocycles. The monoisotopic (exact) mass is 305 g/mol. The largest absolute Gasteiger partial charge is 0.497 e. The number of nitrogens with two attached hydrogens (primary N) is 1. The van der Waals surface area contributed by atoms with E-state index in [4.69, 9.17) is 10.5 Å². The number of halogens is 2. The summed E-state index contributed by atoms with van der Waals surface area (Å²) in [6.45, 7) is 0.325. The van der Waals surface area contributed by atoms with E-state index >= 15 is 0 Å². The van der Waals surface area contributed by atoms with Gasteiger partial charge in [0.15, 0.2) is 5.96 Å². The summed E-state index contributed by atoms with van der Waals surface area (Å²) in [4.78, 5) is 4.13. The summed E-state index contributed by atoms with van der Waals surface area (Å²) >= 11 is 0. The van der Waals surface area contributed by atoms with Gasteiger partial charge in [-0.25, -0.2) is 8.78 Å². The molecule has 2 aromatic rings. The smallest absolute Gasteiger partial charge is 0.193 e. The van der Waals surface area contributed by atoms with Crippen LogP contribution in [0.3, 0.4) is 0 Å². The van der Waals surface area contributed by atoms with Crippen molar-refractivity contribution in [2.45, 2.75) is 6.42 Å². The lowest BCUT2D eigenvalue weighted by Crippen LogP contribution is -2.23. The Morgan fingerprint density at radius 1 is 1.18 bits per heavy atom. The van der Waals surface area contributed by atoms with Crippen LogP contribution < -0.4 is 15.8 Å². The second-order valence-corrected chi connectivity index (χ2v) is 4.65. The molecule has 116 valence electrons. The highest BCUT2D eigenvalue weighted by Gasteiger charge is 2.01. The Labute approximate surface area is 127 Å². The van der Waals surface area contributed by atoms with E-state index in [2.05, 4.69) is 10.3 Å². The molecule has 0 bridgehead atoms. The predicted molar refractivity (Wildman–Crippen MR) is 83.2 cm³/mol. The highest BCUT2D eigenvalue weighted by atomic mass is 19.1. The number of anilines is 1. The predicted octanol–water partition coefficient (Wildman–Crippen LogP) is 2.94. The van der Waals surface area contributed by atoms with E-state index in [1.165, 1.54) is 12.1 Å². The SMILES string of the molecule is COc1cccc(NC(N)=NCCc2cc(F)cc(F)c2)c1. The third-order valence-corrected chi connectivity index (χ3v) is 2.95. The molecule has 0 atom stereocenters. The Kier molecular flexibility index (Phi) is 5.30. The van der Waals surface area contributed by atoms with Gasteiger partial charge >= 0.3 is 0 Å². The van der Waals surface area contributed by atoms with Crippen LogP contribution in [-0.4, -0.2) is 19.6 Å². The van der Waals surface area contributed by atoms with Crippen LogP contribution in [0.15, 0.2) is 47.5 Å². The summed E-state index contributed by atoms with van der Waals surface area (Å²) in [5.41, 5.74) is 7.06. The van der Waals surface area contributed by atoms with Gasteiger partial charge in [0.2, 0.25) is 0 Å². The van der Waals surface area contributed by atoms with Gasteiger partial charge in [-0.2, -0.15) is 0 Å². The zero-order valence-electron chi connectivity index (χ0n) is 12.1. The third-order valence-electron chi connectivity index (χ3n) is 2.95. The van der Waals surface area contributed by atoms with Gasteiger partial charge in [-0.3, -0.25) is 4.99 Å². The minimum Gasteiger partial charge on any atom is -0.497 e. The molecule has 0 aliphatic heterocycles. The number of guanidine groups is 1. The fourth-order valence-electron chi connectivity index (χ4n) is 1.95. The summed E-state index contributed by atoms with van der Waals surface area (Å²) in [5.74, 6) is -0.263. The Morgan fingerprint density at radius 3 is 2.59 bits per heavy atom. The average Bonchev–Trinajstić information content (AvgIpc) is 2.46. The maximum Gasteiger partial charge on any atom is 0.193 e. The molecule has 4 nitrogen and oxygen atoms in total. The summed E-state index contributed by atoms with van der Waals surface area (Å²) < 4.78 is 31.2. The quantitative estimate of drug-likeness (QED) is 0.659. The van der Waals surface area contributed by atoms with Crippen molar-refractivity contribution in [3.05, 3.63) is 59.7 Å². The number of benzene rings is 2. The van der Waals surface area contributed by atoms with Crippen LogP contribution in [0.5, 0.6) is 5.75 Å². The molecule has 0 radical (unpaired) electrons. The Morgan fingerprint density at radius 2 is 1.91 bits per heavy atom. The molecule has 3 N–H and O–H groups in total. The van der Waals surface area contributed by atoms with Gasteiger partial charge in [0.1, 0.15) is 17.4 Å². The average molecular weight is 305 g/mol. The van der Waals surface area contributed by atoms with E-state index in [9.17, 15) is 8.78 Å².